The normalized spacial score (nSPS) is 14.7. The fourth-order valence-corrected chi connectivity index (χ4v) is 0.696. The van der Waals surface area contributed by atoms with Gasteiger partial charge in [0.05, 0.1) is 12.0 Å². The number of nitrogens with two attached hydrogens (primary N) is 1. The second-order valence-electron chi connectivity index (χ2n) is 3.11. The number of nitrogens with one attached hydrogen (secondary N) is 1. The minimum Gasteiger partial charge on any atom is -0.481 e. The van der Waals surface area contributed by atoms with Gasteiger partial charge < -0.3 is 16.2 Å². The molecule has 0 aliphatic heterocycles. The molecule has 0 bridgehead atoms. The smallest absolute Gasteiger partial charge is 0.306 e. The zero-order valence-corrected chi connectivity index (χ0v) is 7.91. The molecule has 0 saturated carbocycles. The van der Waals surface area contributed by atoms with E-state index >= 15 is 0 Å². The highest BCUT2D eigenvalue weighted by molar-refractivity contribution is 5.81. The molecule has 0 spiro atoms. The largest absolute Gasteiger partial charge is 0.481 e. The number of carbonyl (C=O) groups is 2. The van der Waals surface area contributed by atoms with E-state index < -0.39 is 17.9 Å². The van der Waals surface area contributed by atoms with Gasteiger partial charge in [-0.1, -0.05) is 6.92 Å². The van der Waals surface area contributed by atoms with Crippen molar-refractivity contribution in [2.75, 3.05) is 6.54 Å². The first-order valence-corrected chi connectivity index (χ1v) is 4.21. The van der Waals surface area contributed by atoms with Crippen LogP contribution in [0.4, 0.5) is 0 Å². The van der Waals surface area contributed by atoms with E-state index in [1.807, 2.05) is 0 Å². The minimum absolute atomic E-state index is 0.252. The molecule has 0 aromatic heterocycles. The Morgan fingerprint density at radius 2 is 2.00 bits per heavy atom. The molecule has 0 aliphatic carbocycles. The predicted octanol–water partition coefficient (Wildman–Crippen LogP) is -0.439. The molecule has 0 fully saturated rings. The first kappa shape index (κ1) is 11.9. The summed E-state index contributed by atoms with van der Waals surface area (Å²) in [5.74, 6) is -1.54. The van der Waals surface area contributed by atoms with Crippen LogP contribution in [0, 0.1) is 5.92 Å². The Balaban J connectivity index is 3.56. The van der Waals surface area contributed by atoms with Gasteiger partial charge in [0, 0.05) is 6.54 Å². The van der Waals surface area contributed by atoms with Gasteiger partial charge in [-0.05, 0) is 13.3 Å². The fourth-order valence-electron chi connectivity index (χ4n) is 0.696. The molecule has 1 unspecified atom stereocenters. The molecule has 2 atom stereocenters. The molecule has 0 aromatic rings. The maximum Gasteiger partial charge on any atom is 0.306 e. The van der Waals surface area contributed by atoms with Crippen molar-refractivity contribution in [3.8, 4) is 0 Å². The topological polar surface area (TPSA) is 92.4 Å². The molecular weight excluding hydrogens is 172 g/mol. The second kappa shape index (κ2) is 5.53. The van der Waals surface area contributed by atoms with E-state index in [1.165, 1.54) is 0 Å². The van der Waals surface area contributed by atoms with E-state index in [-0.39, 0.29) is 5.91 Å². The quantitative estimate of drug-likeness (QED) is 0.545. The standard InChI is InChI=1S/C8H16N2O3/c1-5(8(12)13)3-4-10-7(11)6(2)9/h5-6H,3-4,9H2,1-2H3,(H,10,11)(H,12,13)/t5?,6-/m0/s1. The summed E-state index contributed by atoms with van der Waals surface area (Å²) in [6.07, 6.45) is 0.424. The van der Waals surface area contributed by atoms with Crippen molar-refractivity contribution in [3.63, 3.8) is 0 Å². The van der Waals surface area contributed by atoms with Crippen molar-refractivity contribution in [1.82, 2.24) is 5.32 Å². The second-order valence-corrected chi connectivity index (χ2v) is 3.11. The summed E-state index contributed by atoms with van der Waals surface area (Å²) in [6, 6.07) is -0.542. The highest BCUT2D eigenvalue weighted by Crippen LogP contribution is 1.99. The lowest BCUT2D eigenvalue weighted by atomic mass is 10.1. The molecular formula is C8H16N2O3. The van der Waals surface area contributed by atoms with Crippen molar-refractivity contribution < 1.29 is 14.7 Å². The Labute approximate surface area is 77.3 Å². The Kier molecular flexibility index (Phi) is 5.06. The molecule has 0 aliphatic rings. The highest BCUT2D eigenvalue weighted by atomic mass is 16.4. The molecule has 1 amide bonds. The Morgan fingerprint density at radius 3 is 2.38 bits per heavy atom. The average Bonchev–Trinajstić information content (AvgIpc) is 2.03. The van der Waals surface area contributed by atoms with Crippen LogP contribution in [0.25, 0.3) is 0 Å². The molecule has 13 heavy (non-hydrogen) atoms. The summed E-state index contributed by atoms with van der Waals surface area (Å²) in [7, 11) is 0. The van der Waals surface area contributed by atoms with E-state index in [2.05, 4.69) is 5.32 Å². The van der Waals surface area contributed by atoms with E-state index in [9.17, 15) is 9.59 Å². The van der Waals surface area contributed by atoms with Crippen LogP contribution in [0.5, 0.6) is 0 Å². The third-order valence-electron chi connectivity index (χ3n) is 1.71. The molecule has 76 valence electrons. The third kappa shape index (κ3) is 5.19. The van der Waals surface area contributed by atoms with Crippen LogP contribution in [0.2, 0.25) is 0 Å². The van der Waals surface area contributed by atoms with E-state index in [0.717, 1.165) is 0 Å². The zero-order chi connectivity index (χ0) is 10.4. The van der Waals surface area contributed by atoms with Gasteiger partial charge in [0.1, 0.15) is 0 Å². The minimum atomic E-state index is -0.852. The van der Waals surface area contributed by atoms with Crippen molar-refractivity contribution in [2.24, 2.45) is 11.7 Å². The lowest BCUT2D eigenvalue weighted by molar-refractivity contribution is -0.141. The zero-order valence-electron chi connectivity index (χ0n) is 7.91. The summed E-state index contributed by atoms with van der Waals surface area (Å²) in [6.45, 7) is 3.53. The fraction of sp³-hybridized carbons (Fsp3) is 0.750. The van der Waals surface area contributed by atoms with Crippen LogP contribution < -0.4 is 11.1 Å². The summed E-state index contributed by atoms with van der Waals surface area (Å²) in [5, 5.41) is 11.1. The predicted molar refractivity (Wildman–Crippen MR) is 48.1 cm³/mol. The van der Waals surface area contributed by atoms with Crippen molar-refractivity contribution in [1.29, 1.82) is 0 Å². The van der Waals surface area contributed by atoms with Gasteiger partial charge >= 0.3 is 5.97 Å². The lowest BCUT2D eigenvalue weighted by Gasteiger charge is -2.09. The number of hydrogen-bond donors (Lipinski definition) is 3. The molecule has 0 radical (unpaired) electrons. The number of amides is 1. The Bertz CT molecular complexity index is 192. The summed E-state index contributed by atoms with van der Waals surface area (Å²) >= 11 is 0. The van der Waals surface area contributed by atoms with E-state index in [0.29, 0.717) is 13.0 Å². The summed E-state index contributed by atoms with van der Waals surface area (Å²) in [4.78, 5) is 21.3. The van der Waals surface area contributed by atoms with Crippen molar-refractivity contribution in [3.05, 3.63) is 0 Å². The number of carboxylic acids is 1. The SMILES string of the molecule is CC(CCNC(=O)[C@H](C)N)C(=O)O. The average molecular weight is 188 g/mol. The number of carbonyl (C=O) groups excluding carboxylic acids is 1. The number of carboxylic acid groups (broad SMARTS) is 1. The first-order chi connectivity index (χ1) is 5.95. The monoisotopic (exact) mass is 188 g/mol. The van der Waals surface area contributed by atoms with Crippen molar-refractivity contribution in [2.45, 2.75) is 26.3 Å². The van der Waals surface area contributed by atoms with E-state index in [1.54, 1.807) is 13.8 Å². The van der Waals surface area contributed by atoms with E-state index in [4.69, 9.17) is 10.8 Å². The molecule has 5 nitrogen and oxygen atoms in total. The maximum absolute atomic E-state index is 10.9. The Hall–Kier alpha value is -1.10. The van der Waals surface area contributed by atoms with Gasteiger partial charge in [0.25, 0.3) is 0 Å². The molecule has 0 aromatic carbocycles. The number of rotatable bonds is 5. The van der Waals surface area contributed by atoms with Crippen molar-refractivity contribution >= 4 is 11.9 Å². The number of aliphatic carboxylic acids is 1. The molecule has 0 rings (SSSR count). The van der Waals surface area contributed by atoms with Crippen LogP contribution in [0.1, 0.15) is 20.3 Å². The van der Waals surface area contributed by atoms with Gasteiger partial charge in [-0.2, -0.15) is 0 Å². The molecule has 0 heterocycles. The summed E-state index contributed by atoms with van der Waals surface area (Å²) in [5.41, 5.74) is 5.28. The van der Waals surface area contributed by atoms with Gasteiger partial charge in [-0.15, -0.1) is 0 Å². The van der Waals surface area contributed by atoms with Gasteiger partial charge in [-0.25, -0.2) is 0 Å². The van der Waals surface area contributed by atoms with Crippen LogP contribution in [0.3, 0.4) is 0 Å². The molecule has 5 heteroatoms. The maximum atomic E-state index is 10.9. The molecule has 0 saturated heterocycles. The first-order valence-electron chi connectivity index (χ1n) is 4.21. The summed E-state index contributed by atoms with van der Waals surface area (Å²) < 4.78 is 0. The van der Waals surface area contributed by atoms with Gasteiger partial charge in [0.15, 0.2) is 0 Å². The van der Waals surface area contributed by atoms with Crippen LogP contribution in [0.15, 0.2) is 0 Å². The highest BCUT2D eigenvalue weighted by Gasteiger charge is 2.11. The van der Waals surface area contributed by atoms with Gasteiger partial charge in [0.2, 0.25) is 5.91 Å². The number of hydrogen-bond acceptors (Lipinski definition) is 3. The van der Waals surface area contributed by atoms with Gasteiger partial charge in [-0.3, -0.25) is 9.59 Å². The van der Waals surface area contributed by atoms with Crippen LogP contribution in [-0.4, -0.2) is 29.6 Å². The lowest BCUT2D eigenvalue weighted by Crippen LogP contribution is -2.39. The molecule has 4 N–H and O–H groups in total. The Morgan fingerprint density at radius 1 is 1.46 bits per heavy atom. The van der Waals surface area contributed by atoms with Crippen LogP contribution in [-0.2, 0) is 9.59 Å². The van der Waals surface area contributed by atoms with Crippen LogP contribution >= 0.6 is 0 Å². The third-order valence-corrected chi connectivity index (χ3v) is 1.71.